The highest BCUT2D eigenvalue weighted by molar-refractivity contribution is 6.31. The third kappa shape index (κ3) is 3.26. The van der Waals surface area contributed by atoms with Crippen LogP contribution >= 0.6 is 11.6 Å². The van der Waals surface area contributed by atoms with Gasteiger partial charge in [0, 0.05) is 29.2 Å². The first kappa shape index (κ1) is 14.8. The summed E-state index contributed by atoms with van der Waals surface area (Å²) in [4.78, 5) is 8.31. The van der Waals surface area contributed by atoms with Crippen LogP contribution in [0.25, 0.3) is 0 Å². The lowest BCUT2D eigenvalue weighted by Gasteiger charge is -2.19. The first-order valence-corrected chi connectivity index (χ1v) is 6.80. The van der Waals surface area contributed by atoms with Gasteiger partial charge < -0.3 is 10.1 Å². The van der Waals surface area contributed by atoms with E-state index >= 15 is 0 Å². The summed E-state index contributed by atoms with van der Waals surface area (Å²) in [7, 11) is 3.53. The fraction of sp³-hybridized carbons (Fsp3) is 0.333. The summed E-state index contributed by atoms with van der Waals surface area (Å²) >= 11 is 6.19. The Morgan fingerprint density at radius 3 is 2.85 bits per heavy atom. The number of methoxy groups -OCH3 is 1. The molecule has 1 atom stereocenters. The van der Waals surface area contributed by atoms with Crippen molar-refractivity contribution in [3.63, 3.8) is 0 Å². The summed E-state index contributed by atoms with van der Waals surface area (Å²) in [6, 6.07) is 7.95. The van der Waals surface area contributed by atoms with E-state index in [4.69, 9.17) is 16.3 Å². The lowest BCUT2D eigenvalue weighted by molar-refractivity contribution is 0.395. The molecule has 20 heavy (non-hydrogen) atoms. The van der Waals surface area contributed by atoms with E-state index in [1.807, 2.05) is 32.2 Å². The largest absolute Gasteiger partial charge is 0.481 e. The van der Waals surface area contributed by atoms with Crippen molar-refractivity contribution in [3.05, 3.63) is 52.4 Å². The van der Waals surface area contributed by atoms with Crippen LogP contribution in [0.3, 0.4) is 0 Å². The number of hydrogen-bond donors (Lipinski definition) is 1. The van der Waals surface area contributed by atoms with Crippen molar-refractivity contribution in [3.8, 4) is 5.88 Å². The Morgan fingerprint density at radius 2 is 2.15 bits per heavy atom. The molecule has 0 aliphatic carbocycles. The predicted molar refractivity (Wildman–Crippen MR) is 80.3 cm³/mol. The van der Waals surface area contributed by atoms with E-state index in [0.29, 0.717) is 5.88 Å². The molecule has 0 fully saturated rings. The number of ether oxygens (including phenoxy) is 1. The standard InChI is InChI=1S/C15H18ClN3O/c1-10-12(5-4-6-13(10)16)14(17-2)7-11-8-15(20-3)19-9-18-11/h4-6,8-9,14,17H,7H2,1-3H3. The monoisotopic (exact) mass is 291 g/mol. The van der Waals surface area contributed by atoms with E-state index in [1.165, 1.54) is 11.9 Å². The lowest BCUT2D eigenvalue weighted by atomic mass is 9.97. The Hall–Kier alpha value is -1.65. The minimum absolute atomic E-state index is 0.147. The van der Waals surface area contributed by atoms with Gasteiger partial charge in [-0.2, -0.15) is 0 Å². The van der Waals surface area contributed by atoms with Gasteiger partial charge in [0.05, 0.1) is 7.11 Å². The van der Waals surface area contributed by atoms with Crippen LogP contribution in [-0.2, 0) is 6.42 Å². The number of halogens is 1. The van der Waals surface area contributed by atoms with Gasteiger partial charge in [-0.3, -0.25) is 0 Å². The highest BCUT2D eigenvalue weighted by Gasteiger charge is 2.15. The molecule has 0 aliphatic heterocycles. The zero-order valence-electron chi connectivity index (χ0n) is 11.9. The van der Waals surface area contributed by atoms with Gasteiger partial charge in [-0.1, -0.05) is 23.7 Å². The fourth-order valence-electron chi connectivity index (χ4n) is 2.18. The third-order valence-corrected chi connectivity index (χ3v) is 3.76. The first-order valence-electron chi connectivity index (χ1n) is 6.43. The average Bonchev–Trinajstić information content (AvgIpc) is 2.48. The molecule has 1 aromatic heterocycles. The third-order valence-electron chi connectivity index (χ3n) is 3.35. The van der Waals surface area contributed by atoms with E-state index in [0.717, 1.165) is 22.7 Å². The number of rotatable bonds is 5. The topological polar surface area (TPSA) is 47.0 Å². The normalized spacial score (nSPS) is 12.2. The van der Waals surface area contributed by atoms with Crippen molar-refractivity contribution in [1.82, 2.24) is 15.3 Å². The quantitative estimate of drug-likeness (QED) is 0.920. The molecule has 106 valence electrons. The van der Waals surface area contributed by atoms with Gasteiger partial charge in [0.2, 0.25) is 5.88 Å². The Kier molecular flexibility index (Phi) is 4.93. The van der Waals surface area contributed by atoms with Gasteiger partial charge >= 0.3 is 0 Å². The molecule has 1 unspecified atom stereocenters. The Labute approximate surface area is 124 Å². The number of likely N-dealkylation sites (N-methyl/N-ethyl adjacent to an activating group) is 1. The summed E-state index contributed by atoms with van der Waals surface area (Å²) in [6.07, 6.45) is 2.27. The highest BCUT2D eigenvalue weighted by Crippen LogP contribution is 2.26. The Bertz CT molecular complexity index is 589. The summed E-state index contributed by atoms with van der Waals surface area (Å²) in [5.41, 5.74) is 3.20. The maximum absolute atomic E-state index is 6.19. The molecule has 4 nitrogen and oxygen atoms in total. The molecule has 0 saturated heterocycles. The number of aromatic nitrogens is 2. The van der Waals surface area contributed by atoms with Crippen molar-refractivity contribution in [2.45, 2.75) is 19.4 Å². The molecule has 2 aromatic rings. The van der Waals surface area contributed by atoms with Crippen LogP contribution in [0.4, 0.5) is 0 Å². The lowest BCUT2D eigenvalue weighted by Crippen LogP contribution is -2.20. The zero-order chi connectivity index (χ0) is 14.5. The maximum Gasteiger partial charge on any atom is 0.216 e. The van der Waals surface area contributed by atoms with Crippen molar-refractivity contribution in [1.29, 1.82) is 0 Å². The molecule has 1 heterocycles. The molecule has 0 spiro atoms. The number of benzene rings is 1. The second kappa shape index (κ2) is 6.68. The molecule has 0 saturated carbocycles. The van der Waals surface area contributed by atoms with Gasteiger partial charge in [-0.05, 0) is 31.2 Å². The first-order chi connectivity index (χ1) is 9.65. The van der Waals surface area contributed by atoms with Gasteiger partial charge in [-0.15, -0.1) is 0 Å². The summed E-state index contributed by atoms with van der Waals surface area (Å²) in [5, 5.41) is 4.09. The van der Waals surface area contributed by atoms with Crippen molar-refractivity contribution >= 4 is 11.6 Å². The molecule has 0 aliphatic rings. The molecule has 0 bridgehead atoms. The van der Waals surface area contributed by atoms with Crippen molar-refractivity contribution in [2.75, 3.05) is 14.2 Å². The second-order valence-corrected chi connectivity index (χ2v) is 4.96. The average molecular weight is 292 g/mol. The summed E-state index contributed by atoms with van der Waals surface area (Å²) in [5.74, 6) is 0.577. The predicted octanol–water partition coefficient (Wildman–Crippen LogP) is 2.95. The van der Waals surface area contributed by atoms with Gasteiger partial charge in [-0.25, -0.2) is 9.97 Å². The van der Waals surface area contributed by atoms with Crippen LogP contribution in [0.5, 0.6) is 5.88 Å². The molecule has 1 N–H and O–H groups in total. The van der Waals surface area contributed by atoms with E-state index in [2.05, 4.69) is 21.4 Å². The molecule has 5 heteroatoms. The Balaban J connectivity index is 2.26. The molecule has 1 aromatic carbocycles. The summed E-state index contributed by atoms with van der Waals surface area (Å²) in [6.45, 7) is 2.03. The molecule has 0 radical (unpaired) electrons. The second-order valence-electron chi connectivity index (χ2n) is 4.55. The fourth-order valence-corrected chi connectivity index (χ4v) is 2.36. The zero-order valence-corrected chi connectivity index (χ0v) is 12.6. The molecule has 2 rings (SSSR count). The Morgan fingerprint density at radius 1 is 1.35 bits per heavy atom. The highest BCUT2D eigenvalue weighted by atomic mass is 35.5. The van der Waals surface area contributed by atoms with Crippen LogP contribution in [-0.4, -0.2) is 24.1 Å². The van der Waals surface area contributed by atoms with E-state index in [1.54, 1.807) is 7.11 Å². The minimum atomic E-state index is 0.147. The van der Waals surface area contributed by atoms with E-state index in [9.17, 15) is 0 Å². The van der Waals surface area contributed by atoms with E-state index in [-0.39, 0.29) is 6.04 Å². The van der Waals surface area contributed by atoms with E-state index < -0.39 is 0 Å². The SMILES string of the molecule is CNC(Cc1cc(OC)ncn1)c1cccc(Cl)c1C. The number of hydrogen-bond acceptors (Lipinski definition) is 4. The van der Waals surface area contributed by atoms with Crippen LogP contribution in [0.2, 0.25) is 5.02 Å². The molecule has 0 amide bonds. The van der Waals surface area contributed by atoms with Crippen LogP contribution in [0.1, 0.15) is 22.9 Å². The van der Waals surface area contributed by atoms with Crippen LogP contribution in [0, 0.1) is 6.92 Å². The van der Waals surface area contributed by atoms with Gasteiger partial charge in [0.1, 0.15) is 6.33 Å². The van der Waals surface area contributed by atoms with Gasteiger partial charge in [0.15, 0.2) is 0 Å². The molecular formula is C15H18ClN3O. The van der Waals surface area contributed by atoms with Gasteiger partial charge in [0.25, 0.3) is 0 Å². The summed E-state index contributed by atoms with van der Waals surface area (Å²) < 4.78 is 5.13. The van der Waals surface area contributed by atoms with Crippen molar-refractivity contribution in [2.24, 2.45) is 0 Å². The number of nitrogens with zero attached hydrogens (tertiary/aromatic N) is 2. The maximum atomic E-state index is 6.19. The molecular weight excluding hydrogens is 274 g/mol. The minimum Gasteiger partial charge on any atom is -0.481 e. The van der Waals surface area contributed by atoms with Crippen LogP contribution in [0.15, 0.2) is 30.6 Å². The van der Waals surface area contributed by atoms with Crippen LogP contribution < -0.4 is 10.1 Å². The smallest absolute Gasteiger partial charge is 0.216 e. The van der Waals surface area contributed by atoms with Crippen molar-refractivity contribution < 1.29 is 4.74 Å². The number of nitrogens with one attached hydrogen (secondary N) is 1.